The Labute approximate surface area is 262 Å². The molecule has 0 radical (unpaired) electrons. The summed E-state index contributed by atoms with van der Waals surface area (Å²) in [4.78, 5) is 36.5. The maximum atomic E-state index is 13.5. The molecule has 3 saturated heterocycles. The highest BCUT2D eigenvalue weighted by Gasteiger charge is 2.56. The first-order valence-corrected chi connectivity index (χ1v) is 15.9. The van der Waals surface area contributed by atoms with E-state index in [1.54, 1.807) is 19.1 Å². The van der Waals surface area contributed by atoms with Crippen molar-refractivity contribution in [3.63, 3.8) is 0 Å². The zero-order valence-electron chi connectivity index (χ0n) is 24.8. The molecule has 7 unspecified atom stereocenters. The van der Waals surface area contributed by atoms with E-state index in [-0.39, 0.29) is 31.5 Å². The summed E-state index contributed by atoms with van der Waals surface area (Å²) >= 11 is 0. The van der Waals surface area contributed by atoms with Crippen LogP contribution in [0.3, 0.4) is 0 Å². The first-order valence-electron chi connectivity index (χ1n) is 14.5. The van der Waals surface area contributed by atoms with Crippen LogP contribution in [0, 0.1) is 11.8 Å². The number of rotatable bonds is 7. The largest absolute Gasteiger partial charge is 0.780 e. The number of hydrogen-bond donors (Lipinski definition) is 2. The number of aliphatic hydroxyl groups excluding tert-OH is 2. The third-order valence-electron chi connectivity index (χ3n) is 8.93. The summed E-state index contributed by atoms with van der Waals surface area (Å²) in [5.74, 6) is -2.66. The van der Waals surface area contributed by atoms with E-state index in [4.69, 9.17) is 42.6 Å². The second kappa shape index (κ2) is 11.8. The molecule has 2 aromatic rings. The van der Waals surface area contributed by atoms with Gasteiger partial charge in [0.1, 0.15) is 32.2 Å². The van der Waals surface area contributed by atoms with Crippen LogP contribution in [0.5, 0.6) is 28.7 Å². The van der Waals surface area contributed by atoms with Gasteiger partial charge in [-0.1, -0.05) is 0 Å². The van der Waals surface area contributed by atoms with Crippen LogP contribution in [0.25, 0.3) is 0 Å². The molecule has 3 fully saturated rings. The van der Waals surface area contributed by atoms with Crippen LogP contribution in [0.1, 0.15) is 35.6 Å². The number of phosphoric ester groups is 1. The molecule has 250 valence electrons. The minimum absolute atomic E-state index is 0.0421. The first kappa shape index (κ1) is 31.4. The van der Waals surface area contributed by atoms with Gasteiger partial charge in [-0.15, -0.1) is 0 Å². The molecule has 0 amide bonds. The van der Waals surface area contributed by atoms with Crippen LogP contribution in [-0.4, -0.2) is 87.4 Å². The Morgan fingerprint density at radius 3 is 2.24 bits per heavy atom. The number of ether oxygens (including phenoxy) is 9. The quantitative estimate of drug-likeness (QED) is 0.290. The summed E-state index contributed by atoms with van der Waals surface area (Å²) in [6.07, 6.45) is -7.25. The summed E-state index contributed by atoms with van der Waals surface area (Å²) in [5, 5.41) is 22.0. The molecule has 17 heteroatoms. The maximum Gasteiger partial charge on any atom is 0.310 e. The van der Waals surface area contributed by atoms with Gasteiger partial charge in [-0.3, -0.25) is 4.79 Å². The van der Waals surface area contributed by atoms with Gasteiger partial charge in [0.05, 0.1) is 39.5 Å². The third kappa shape index (κ3) is 5.37. The van der Waals surface area contributed by atoms with Crippen molar-refractivity contribution in [2.75, 3.05) is 34.2 Å². The zero-order valence-corrected chi connectivity index (χ0v) is 25.7. The Morgan fingerprint density at radius 2 is 1.59 bits per heavy atom. The number of aliphatic hydroxyl groups is 2. The van der Waals surface area contributed by atoms with Crippen LogP contribution < -0.4 is 33.3 Å². The molecule has 2 aromatic carbocycles. The number of fused-ring (bicyclic) bond motifs is 4. The van der Waals surface area contributed by atoms with E-state index < -0.39 is 80.4 Å². The minimum atomic E-state index is -5.50. The van der Waals surface area contributed by atoms with Crippen LogP contribution >= 0.6 is 7.82 Å². The molecule has 0 spiro atoms. The molecule has 46 heavy (non-hydrogen) atoms. The maximum absolute atomic E-state index is 13.5. The fraction of sp³-hybridized carbons (Fsp3) is 0.552. The molecule has 7 rings (SSSR count). The lowest BCUT2D eigenvalue weighted by molar-refractivity contribution is -0.364. The van der Waals surface area contributed by atoms with E-state index in [1.165, 1.54) is 26.4 Å². The van der Waals surface area contributed by atoms with Crippen molar-refractivity contribution < 1.29 is 76.5 Å². The van der Waals surface area contributed by atoms with Crippen LogP contribution in [0.15, 0.2) is 24.3 Å². The van der Waals surface area contributed by atoms with Crippen molar-refractivity contribution in [1.82, 2.24) is 0 Å². The molecule has 4 heterocycles. The van der Waals surface area contributed by atoms with Gasteiger partial charge in [-0.25, -0.2) is 0 Å². The smallest absolute Gasteiger partial charge is 0.310 e. The number of benzene rings is 2. The third-order valence-corrected chi connectivity index (χ3v) is 9.34. The Kier molecular flexibility index (Phi) is 8.07. The number of esters is 1. The SMILES string of the molecule is COc1cc(C2c3cc4c(cc3[C@@H](OC3OC5COC(C)OC5C(O)C3O)[C@H]3COC(=O)[C@H]23)OCO4)cc(OC)c1OP(=O)([O-])[O-]. The normalized spacial score (nSPS) is 34.6. The Morgan fingerprint density at radius 1 is 0.913 bits per heavy atom. The highest BCUT2D eigenvalue weighted by Crippen LogP contribution is 2.57. The Hall–Kier alpha value is -3.18. The number of phosphoric acid groups is 1. The van der Waals surface area contributed by atoms with Crippen molar-refractivity contribution in [1.29, 1.82) is 0 Å². The van der Waals surface area contributed by atoms with Crippen LogP contribution in [0.2, 0.25) is 0 Å². The highest BCUT2D eigenvalue weighted by atomic mass is 31.2. The van der Waals surface area contributed by atoms with Crippen molar-refractivity contribution in [3.05, 3.63) is 41.0 Å². The van der Waals surface area contributed by atoms with E-state index in [0.717, 1.165) is 0 Å². The zero-order chi connectivity index (χ0) is 32.5. The van der Waals surface area contributed by atoms with Crippen molar-refractivity contribution in [2.24, 2.45) is 11.8 Å². The molecule has 5 aliphatic rings. The van der Waals surface area contributed by atoms with Gasteiger partial charge in [0.25, 0.3) is 0 Å². The molecule has 10 atom stereocenters. The lowest BCUT2D eigenvalue weighted by atomic mass is 9.66. The predicted octanol–water partition coefficient (Wildman–Crippen LogP) is -0.159. The fourth-order valence-corrected chi connectivity index (χ4v) is 7.33. The monoisotopic (exact) mass is 666 g/mol. The molecule has 0 aromatic heterocycles. The van der Waals surface area contributed by atoms with Gasteiger partial charge in [-0.05, 0) is 47.9 Å². The standard InChI is InChI=1S/C29H33O16P/c1-11-38-9-20-27(42-11)23(30)24(31)29(43-20)44-25-14-7-17-16(40-10-41-17)6-13(14)21(22-15(25)8-39-28(22)32)12-4-18(36-2)26(19(5-12)37-3)45-46(33,34)35/h4-7,11,15,20-25,27,29-31H,8-10H2,1-3H3,(H2,33,34,35)/p-2/t11?,15-,20?,21?,22-,23?,24?,25+,27?,29?/m0/s1. The second-order valence-electron chi connectivity index (χ2n) is 11.5. The predicted molar refractivity (Wildman–Crippen MR) is 145 cm³/mol. The van der Waals surface area contributed by atoms with Gasteiger partial charge in [0.2, 0.25) is 12.5 Å². The Balaban J connectivity index is 1.32. The number of hydrogen-bond acceptors (Lipinski definition) is 16. The Bertz CT molecular complexity index is 1530. The molecular formula is C29H31O16P-2. The van der Waals surface area contributed by atoms with E-state index >= 15 is 0 Å². The number of carbonyl (C=O) groups excluding carboxylic acids is 1. The van der Waals surface area contributed by atoms with Crippen molar-refractivity contribution >= 4 is 13.8 Å². The van der Waals surface area contributed by atoms with Gasteiger partial charge >= 0.3 is 5.97 Å². The van der Waals surface area contributed by atoms with E-state index in [1.807, 2.05) is 0 Å². The summed E-state index contributed by atoms with van der Waals surface area (Å²) < 4.78 is 67.5. The molecule has 1 aliphatic carbocycles. The fourth-order valence-electron chi connectivity index (χ4n) is 6.92. The summed E-state index contributed by atoms with van der Waals surface area (Å²) in [7, 11) is -2.99. The average Bonchev–Trinajstić information content (AvgIpc) is 3.64. The van der Waals surface area contributed by atoms with Gasteiger partial charge in [0.15, 0.2) is 35.6 Å². The van der Waals surface area contributed by atoms with Crippen molar-refractivity contribution in [3.8, 4) is 28.7 Å². The number of carbonyl (C=O) groups is 1. The van der Waals surface area contributed by atoms with Gasteiger partial charge < -0.3 is 71.7 Å². The van der Waals surface area contributed by atoms with Crippen LogP contribution in [0.4, 0.5) is 0 Å². The average molecular weight is 667 g/mol. The molecule has 2 N–H and O–H groups in total. The molecule has 0 saturated carbocycles. The molecule has 4 aliphatic heterocycles. The molecule has 16 nitrogen and oxygen atoms in total. The number of methoxy groups -OCH3 is 2. The van der Waals surface area contributed by atoms with E-state index in [9.17, 15) is 29.4 Å². The molecular weight excluding hydrogens is 635 g/mol. The lowest BCUT2D eigenvalue weighted by Gasteiger charge is -2.47. The lowest BCUT2D eigenvalue weighted by Crippen LogP contribution is -2.63. The van der Waals surface area contributed by atoms with Crippen molar-refractivity contribution in [2.45, 2.75) is 55.9 Å². The van der Waals surface area contributed by atoms with E-state index in [0.29, 0.717) is 28.2 Å². The minimum Gasteiger partial charge on any atom is -0.780 e. The highest BCUT2D eigenvalue weighted by molar-refractivity contribution is 7.43. The number of cyclic esters (lactones) is 1. The molecule has 0 bridgehead atoms. The summed E-state index contributed by atoms with van der Waals surface area (Å²) in [6.45, 7) is 1.68. The first-order chi connectivity index (χ1) is 22.0. The topological polar surface area (TPSA) is 213 Å². The van der Waals surface area contributed by atoms with Crippen LogP contribution in [-0.2, 0) is 33.0 Å². The second-order valence-corrected chi connectivity index (χ2v) is 12.6. The van der Waals surface area contributed by atoms with Gasteiger partial charge in [-0.2, -0.15) is 0 Å². The van der Waals surface area contributed by atoms with E-state index in [2.05, 4.69) is 4.52 Å². The summed E-state index contributed by atoms with van der Waals surface area (Å²) in [6, 6.07) is 6.32. The summed E-state index contributed by atoms with van der Waals surface area (Å²) in [5.41, 5.74) is 1.57. The van der Waals surface area contributed by atoms with Gasteiger partial charge in [0, 0.05) is 11.8 Å².